The molecule has 1 amide bonds. The fraction of sp³-hybridized carbons (Fsp3) is 0.462. The highest BCUT2D eigenvalue weighted by atomic mass is 16.5. The molecule has 0 aliphatic heterocycles. The minimum atomic E-state index is 0.0277. The molecule has 3 N–H and O–H groups in total. The summed E-state index contributed by atoms with van der Waals surface area (Å²) >= 11 is 0. The molecule has 100 valence electrons. The quantitative estimate of drug-likeness (QED) is 0.634. The second-order valence-electron chi connectivity index (χ2n) is 3.87. The van der Waals surface area contributed by atoms with Crippen LogP contribution in [-0.4, -0.2) is 31.2 Å². The number of aromatic hydroxyl groups is 1. The third kappa shape index (κ3) is 4.63. The van der Waals surface area contributed by atoms with Crippen molar-refractivity contribution in [1.29, 1.82) is 0 Å². The number of carbonyl (C=O) groups is 1. The Morgan fingerprint density at radius 2 is 2.22 bits per heavy atom. The van der Waals surface area contributed by atoms with E-state index in [1.165, 1.54) is 0 Å². The number of phenols is 1. The van der Waals surface area contributed by atoms with E-state index in [0.29, 0.717) is 31.8 Å². The van der Waals surface area contributed by atoms with Gasteiger partial charge < -0.3 is 20.5 Å². The summed E-state index contributed by atoms with van der Waals surface area (Å²) in [5.74, 6) is 0.953. The Balaban J connectivity index is 2.37. The van der Waals surface area contributed by atoms with Crippen molar-refractivity contribution in [3.8, 4) is 11.5 Å². The number of carbonyl (C=O) groups excluding carboxylic acids is 1. The molecule has 0 radical (unpaired) electrons. The van der Waals surface area contributed by atoms with E-state index >= 15 is 0 Å². The number of methoxy groups -OCH3 is 1. The first-order chi connectivity index (χ1) is 8.67. The number of rotatable bonds is 7. The summed E-state index contributed by atoms with van der Waals surface area (Å²) in [5, 5.41) is 15.5. The van der Waals surface area contributed by atoms with Crippen molar-refractivity contribution in [2.24, 2.45) is 0 Å². The fourth-order valence-electron chi connectivity index (χ4n) is 1.54. The topological polar surface area (TPSA) is 70.6 Å². The Bertz CT molecular complexity index is 394. The monoisotopic (exact) mass is 252 g/mol. The Labute approximate surface area is 107 Å². The molecule has 0 aliphatic rings. The lowest BCUT2D eigenvalue weighted by Crippen LogP contribution is -2.27. The lowest BCUT2D eigenvalue weighted by Gasteiger charge is -2.08. The molecule has 0 aromatic heterocycles. The number of hydrogen-bond acceptors (Lipinski definition) is 4. The Hall–Kier alpha value is -1.75. The number of ether oxygens (including phenoxy) is 1. The van der Waals surface area contributed by atoms with Gasteiger partial charge in [-0.3, -0.25) is 4.79 Å². The third-order valence-electron chi connectivity index (χ3n) is 2.50. The zero-order valence-electron chi connectivity index (χ0n) is 10.8. The molecular weight excluding hydrogens is 232 g/mol. The minimum Gasteiger partial charge on any atom is -0.508 e. The Kier molecular flexibility index (Phi) is 6.00. The van der Waals surface area contributed by atoms with Gasteiger partial charge >= 0.3 is 0 Å². The van der Waals surface area contributed by atoms with Gasteiger partial charge in [0.15, 0.2) is 0 Å². The minimum absolute atomic E-state index is 0.0277. The molecule has 0 saturated carbocycles. The smallest absolute Gasteiger partial charge is 0.221 e. The molecule has 0 fully saturated rings. The largest absolute Gasteiger partial charge is 0.508 e. The molecule has 5 nitrogen and oxygen atoms in total. The predicted molar refractivity (Wildman–Crippen MR) is 69.7 cm³/mol. The molecule has 18 heavy (non-hydrogen) atoms. The summed E-state index contributed by atoms with van der Waals surface area (Å²) in [6.07, 6.45) is 0.429. The van der Waals surface area contributed by atoms with Gasteiger partial charge in [0, 0.05) is 31.6 Å². The van der Waals surface area contributed by atoms with E-state index in [9.17, 15) is 9.90 Å². The van der Waals surface area contributed by atoms with Crippen LogP contribution in [0, 0.1) is 0 Å². The second-order valence-corrected chi connectivity index (χ2v) is 3.87. The average molecular weight is 252 g/mol. The first-order valence-electron chi connectivity index (χ1n) is 6.00. The Morgan fingerprint density at radius 3 is 2.89 bits per heavy atom. The van der Waals surface area contributed by atoms with Crippen LogP contribution in [0.2, 0.25) is 0 Å². The van der Waals surface area contributed by atoms with Gasteiger partial charge in [0.2, 0.25) is 5.91 Å². The van der Waals surface area contributed by atoms with Crippen molar-refractivity contribution in [2.75, 3.05) is 20.2 Å². The van der Waals surface area contributed by atoms with Crippen molar-refractivity contribution in [2.45, 2.75) is 19.9 Å². The summed E-state index contributed by atoms with van der Waals surface area (Å²) in [6, 6.07) is 5.07. The molecule has 0 aliphatic carbocycles. The summed E-state index contributed by atoms with van der Waals surface area (Å²) < 4.78 is 5.08. The number of benzene rings is 1. The SMILES string of the molecule is CCNC(=O)CCNCc1cc(OC)ccc1O. The van der Waals surface area contributed by atoms with Crippen LogP contribution in [0.3, 0.4) is 0 Å². The summed E-state index contributed by atoms with van der Waals surface area (Å²) in [5.41, 5.74) is 0.755. The molecule has 0 bridgehead atoms. The highest BCUT2D eigenvalue weighted by Gasteiger charge is 2.03. The lowest BCUT2D eigenvalue weighted by atomic mass is 10.2. The van der Waals surface area contributed by atoms with Crippen LogP contribution in [0.1, 0.15) is 18.9 Å². The van der Waals surface area contributed by atoms with E-state index < -0.39 is 0 Å². The van der Waals surface area contributed by atoms with Gasteiger partial charge in [0.1, 0.15) is 11.5 Å². The molecule has 1 aromatic carbocycles. The lowest BCUT2D eigenvalue weighted by molar-refractivity contribution is -0.120. The van der Waals surface area contributed by atoms with E-state index in [4.69, 9.17) is 4.74 Å². The zero-order chi connectivity index (χ0) is 13.4. The fourth-order valence-corrected chi connectivity index (χ4v) is 1.54. The highest BCUT2D eigenvalue weighted by Crippen LogP contribution is 2.22. The first-order valence-corrected chi connectivity index (χ1v) is 6.00. The van der Waals surface area contributed by atoms with Crippen molar-refractivity contribution in [1.82, 2.24) is 10.6 Å². The molecule has 0 spiro atoms. The maximum Gasteiger partial charge on any atom is 0.221 e. The second kappa shape index (κ2) is 7.55. The van der Waals surface area contributed by atoms with Crippen LogP contribution < -0.4 is 15.4 Å². The standard InChI is InChI=1S/C13H20N2O3/c1-3-15-13(17)6-7-14-9-10-8-11(18-2)4-5-12(10)16/h4-5,8,14,16H,3,6-7,9H2,1-2H3,(H,15,17). The maximum absolute atomic E-state index is 11.2. The predicted octanol–water partition coefficient (Wildman–Crippen LogP) is 1.02. The van der Waals surface area contributed by atoms with E-state index in [1.807, 2.05) is 6.92 Å². The van der Waals surface area contributed by atoms with E-state index in [1.54, 1.807) is 25.3 Å². The van der Waals surface area contributed by atoms with Crippen LogP contribution >= 0.6 is 0 Å². The summed E-state index contributed by atoms with van der Waals surface area (Å²) in [6.45, 7) is 3.61. The number of amides is 1. The van der Waals surface area contributed by atoms with E-state index in [0.717, 1.165) is 5.56 Å². The average Bonchev–Trinajstić information content (AvgIpc) is 2.37. The normalized spacial score (nSPS) is 10.1. The number of phenolic OH excluding ortho intramolecular Hbond substituents is 1. The third-order valence-corrected chi connectivity index (χ3v) is 2.50. The summed E-state index contributed by atoms with van der Waals surface area (Å²) in [7, 11) is 1.58. The van der Waals surface area contributed by atoms with E-state index in [-0.39, 0.29) is 11.7 Å². The molecule has 5 heteroatoms. The van der Waals surface area contributed by atoms with Gasteiger partial charge in [-0.2, -0.15) is 0 Å². The molecule has 0 atom stereocenters. The van der Waals surface area contributed by atoms with Crippen molar-refractivity contribution >= 4 is 5.91 Å². The number of hydrogen-bond donors (Lipinski definition) is 3. The molecule has 0 heterocycles. The van der Waals surface area contributed by atoms with Gasteiger partial charge in [0.05, 0.1) is 7.11 Å². The molecule has 1 aromatic rings. The van der Waals surface area contributed by atoms with Crippen LogP contribution in [0.15, 0.2) is 18.2 Å². The molecule has 0 saturated heterocycles. The molecule has 1 rings (SSSR count). The molecule has 0 unspecified atom stereocenters. The van der Waals surface area contributed by atoms with Crippen molar-refractivity contribution in [3.63, 3.8) is 0 Å². The van der Waals surface area contributed by atoms with Gasteiger partial charge in [-0.1, -0.05) is 0 Å². The van der Waals surface area contributed by atoms with Crippen molar-refractivity contribution < 1.29 is 14.6 Å². The summed E-state index contributed by atoms with van der Waals surface area (Å²) in [4.78, 5) is 11.2. The van der Waals surface area contributed by atoms with Crippen LogP contribution in [-0.2, 0) is 11.3 Å². The van der Waals surface area contributed by atoms with Gasteiger partial charge in [-0.25, -0.2) is 0 Å². The van der Waals surface area contributed by atoms with Gasteiger partial charge in [0.25, 0.3) is 0 Å². The van der Waals surface area contributed by atoms with Crippen LogP contribution in [0.4, 0.5) is 0 Å². The van der Waals surface area contributed by atoms with Gasteiger partial charge in [-0.15, -0.1) is 0 Å². The maximum atomic E-state index is 11.2. The van der Waals surface area contributed by atoms with Crippen LogP contribution in [0.25, 0.3) is 0 Å². The van der Waals surface area contributed by atoms with Gasteiger partial charge in [-0.05, 0) is 25.1 Å². The Morgan fingerprint density at radius 1 is 1.44 bits per heavy atom. The molecular formula is C13H20N2O3. The highest BCUT2D eigenvalue weighted by molar-refractivity contribution is 5.75. The van der Waals surface area contributed by atoms with Crippen molar-refractivity contribution in [3.05, 3.63) is 23.8 Å². The zero-order valence-corrected chi connectivity index (χ0v) is 10.8. The first kappa shape index (κ1) is 14.3. The van der Waals surface area contributed by atoms with E-state index in [2.05, 4.69) is 10.6 Å². The van der Waals surface area contributed by atoms with Crippen LogP contribution in [0.5, 0.6) is 11.5 Å². The number of nitrogens with one attached hydrogen (secondary N) is 2.